The highest BCUT2D eigenvalue weighted by molar-refractivity contribution is 5.80. The molecule has 0 bridgehead atoms. The Bertz CT molecular complexity index is 571. The van der Waals surface area contributed by atoms with Gasteiger partial charge in [0, 0.05) is 39.3 Å². The molecule has 0 aromatic heterocycles. The van der Waals surface area contributed by atoms with Crippen molar-refractivity contribution in [2.45, 2.75) is 51.1 Å². The van der Waals surface area contributed by atoms with Gasteiger partial charge in [-0.25, -0.2) is 0 Å². The molecule has 2 N–H and O–H groups in total. The Hall–Kier alpha value is -1.55. The lowest BCUT2D eigenvalue weighted by molar-refractivity contribution is 0.198. The summed E-state index contributed by atoms with van der Waals surface area (Å²) in [4.78, 5) is 7.05. The third-order valence-electron chi connectivity index (χ3n) is 6.36. The Labute approximate surface area is 158 Å². The summed E-state index contributed by atoms with van der Waals surface area (Å²) >= 11 is 0. The largest absolute Gasteiger partial charge is 0.356 e. The third-order valence-corrected chi connectivity index (χ3v) is 6.36. The van der Waals surface area contributed by atoms with Crippen LogP contribution in [-0.2, 0) is 6.54 Å². The fourth-order valence-electron chi connectivity index (χ4n) is 4.45. The normalized spacial score (nSPS) is 22.6. The van der Waals surface area contributed by atoms with Crippen molar-refractivity contribution in [2.24, 2.45) is 22.7 Å². The summed E-state index contributed by atoms with van der Waals surface area (Å²) in [7, 11) is 1.91. The zero-order valence-electron chi connectivity index (χ0n) is 16.2. The molecule has 0 unspecified atom stereocenters. The van der Waals surface area contributed by atoms with E-state index in [-0.39, 0.29) is 0 Å². The standard InChI is InChI=1S/C22H34N4/c1-23-22(24-15-21(18-7-8-18)19-9-10-19)25-20-11-13-26(14-12-20)16-17-5-3-2-4-6-17/h2-6,18-21H,7-16H2,1H3,(H2,23,24,25). The van der Waals surface area contributed by atoms with Gasteiger partial charge < -0.3 is 10.6 Å². The van der Waals surface area contributed by atoms with Crippen molar-refractivity contribution in [3.63, 3.8) is 0 Å². The van der Waals surface area contributed by atoms with E-state index in [2.05, 4.69) is 50.9 Å². The lowest BCUT2D eigenvalue weighted by atomic mass is 9.98. The molecule has 0 radical (unpaired) electrons. The molecular weight excluding hydrogens is 320 g/mol. The molecule has 0 atom stereocenters. The highest BCUT2D eigenvalue weighted by Gasteiger charge is 2.41. The molecule has 1 heterocycles. The van der Waals surface area contributed by atoms with E-state index in [0.29, 0.717) is 6.04 Å². The van der Waals surface area contributed by atoms with Gasteiger partial charge in [0.2, 0.25) is 0 Å². The van der Waals surface area contributed by atoms with Crippen LogP contribution in [-0.4, -0.2) is 43.6 Å². The molecule has 3 aliphatic rings. The topological polar surface area (TPSA) is 39.7 Å². The first-order chi connectivity index (χ1) is 12.8. The fourth-order valence-corrected chi connectivity index (χ4v) is 4.45. The number of rotatable bonds is 7. The molecule has 1 saturated heterocycles. The summed E-state index contributed by atoms with van der Waals surface area (Å²) in [6.07, 6.45) is 8.21. The van der Waals surface area contributed by atoms with Crippen LogP contribution in [0.25, 0.3) is 0 Å². The minimum atomic E-state index is 0.550. The molecule has 0 spiro atoms. The second kappa shape index (κ2) is 8.43. The number of aliphatic imine (C=N–C) groups is 1. The lowest BCUT2D eigenvalue weighted by Gasteiger charge is -2.33. The SMILES string of the molecule is CN=C(NCC(C1CC1)C1CC1)NC1CCN(Cc2ccccc2)CC1. The second-order valence-electron chi connectivity index (χ2n) is 8.47. The first-order valence-corrected chi connectivity index (χ1v) is 10.6. The van der Waals surface area contributed by atoms with Crippen molar-refractivity contribution < 1.29 is 0 Å². The molecule has 142 valence electrons. The average Bonchev–Trinajstić information content (AvgIpc) is 3.57. The summed E-state index contributed by atoms with van der Waals surface area (Å²) in [5, 5.41) is 7.31. The first kappa shape index (κ1) is 17.8. The molecule has 2 saturated carbocycles. The number of nitrogens with one attached hydrogen (secondary N) is 2. The lowest BCUT2D eigenvalue weighted by Crippen LogP contribution is -2.49. The van der Waals surface area contributed by atoms with E-state index < -0.39 is 0 Å². The Balaban J connectivity index is 1.19. The summed E-state index contributed by atoms with van der Waals surface area (Å²) in [5.41, 5.74) is 1.42. The predicted octanol–water partition coefficient (Wildman–Crippen LogP) is 3.25. The van der Waals surface area contributed by atoms with E-state index in [4.69, 9.17) is 0 Å². The number of benzene rings is 1. The van der Waals surface area contributed by atoms with Gasteiger partial charge in [-0.05, 0) is 61.8 Å². The van der Waals surface area contributed by atoms with Crippen LogP contribution in [0, 0.1) is 17.8 Å². The third kappa shape index (κ3) is 5.00. The highest BCUT2D eigenvalue weighted by Crippen LogP contribution is 2.48. The van der Waals surface area contributed by atoms with Crippen LogP contribution in [0.3, 0.4) is 0 Å². The van der Waals surface area contributed by atoms with Crippen LogP contribution in [0.2, 0.25) is 0 Å². The molecule has 1 aromatic rings. The van der Waals surface area contributed by atoms with Gasteiger partial charge in [0.1, 0.15) is 0 Å². The van der Waals surface area contributed by atoms with Crippen LogP contribution in [0.5, 0.6) is 0 Å². The maximum Gasteiger partial charge on any atom is 0.191 e. The smallest absolute Gasteiger partial charge is 0.191 e. The molecule has 1 aromatic carbocycles. The maximum atomic E-state index is 4.48. The summed E-state index contributed by atoms with van der Waals surface area (Å²) in [6.45, 7) is 4.51. The minimum absolute atomic E-state index is 0.550. The van der Waals surface area contributed by atoms with Crippen molar-refractivity contribution in [1.82, 2.24) is 15.5 Å². The van der Waals surface area contributed by atoms with Gasteiger partial charge in [0.25, 0.3) is 0 Å². The van der Waals surface area contributed by atoms with Crippen molar-refractivity contribution in [3.8, 4) is 0 Å². The van der Waals surface area contributed by atoms with Crippen LogP contribution in [0.1, 0.15) is 44.1 Å². The molecule has 1 aliphatic heterocycles. The zero-order chi connectivity index (χ0) is 17.8. The number of nitrogens with zero attached hydrogens (tertiary/aromatic N) is 2. The number of piperidine rings is 1. The Kier molecular flexibility index (Phi) is 5.78. The number of hydrogen-bond donors (Lipinski definition) is 2. The van der Waals surface area contributed by atoms with E-state index in [1.54, 1.807) is 0 Å². The van der Waals surface area contributed by atoms with E-state index in [1.807, 2.05) is 7.05 Å². The first-order valence-electron chi connectivity index (χ1n) is 10.6. The average molecular weight is 355 g/mol. The van der Waals surface area contributed by atoms with Gasteiger partial charge in [0.15, 0.2) is 5.96 Å². The summed E-state index contributed by atoms with van der Waals surface area (Å²) in [6, 6.07) is 11.4. The number of hydrogen-bond acceptors (Lipinski definition) is 2. The van der Waals surface area contributed by atoms with E-state index >= 15 is 0 Å². The van der Waals surface area contributed by atoms with Crippen LogP contribution < -0.4 is 10.6 Å². The second-order valence-corrected chi connectivity index (χ2v) is 8.47. The Morgan fingerprint density at radius 1 is 1.04 bits per heavy atom. The molecule has 4 heteroatoms. The van der Waals surface area contributed by atoms with Gasteiger partial charge in [-0.2, -0.15) is 0 Å². The Morgan fingerprint density at radius 2 is 1.69 bits per heavy atom. The van der Waals surface area contributed by atoms with Crippen molar-refractivity contribution >= 4 is 5.96 Å². The molecule has 4 rings (SSSR count). The number of guanidine groups is 1. The molecule has 2 aliphatic carbocycles. The quantitative estimate of drug-likeness (QED) is 0.583. The molecule has 0 amide bonds. The summed E-state index contributed by atoms with van der Waals surface area (Å²) in [5.74, 6) is 3.89. The molecule has 3 fully saturated rings. The Morgan fingerprint density at radius 3 is 2.27 bits per heavy atom. The minimum Gasteiger partial charge on any atom is -0.356 e. The van der Waals surface area contributed by atoms with Gasteiger partial charge in [-0.1, -0.05) is 30.3 Å². The van der Waals surface area contributed by atoms with Gasteiger partial charge in [-0.3, -0.25) is 9.89 Å². The van der Waals surface area contributed by atoms with Crippen molar-refractivity contribution in [3.05, 3.63) is 35.9 Å². The zero-order valence-corrected chi connectivity index (χ0v) is 16.2. The molecule has 4 nitrogen and oxygen atoms in total. The van der Waals surface area contributed by atoms with Crippen molar-refractivity contribution in [1.29, 1.82) is 0 Å². The van der Waals surface area contributed by atoms with Gasteiger partial charge in [0.05, 0.1) is 0 Å². The van der Waals surface area contributed by atoms with Crippen LogP contribution >= 0.6 is 0 Å². The van der Waals surface area contributed by atoms with Crippen LogP contribution in [0.4, 0.5) is 0 Å². The molecular formula is C22H34N4. The van der Waals surface area contributed by atoms with E-state index in [1.165, 1.54) is 44.1 Å². The summed E-state index contributed by atoms with van der Waals surface area (Å²) < 4.78 is 0. The highest BCUT2D eigenvalue weighted by atomic mass is 15.2. The van der Waals surface area contributed by atoms with Crippen molar-refractivity contribution in [2.75, 3.05) is 26.7 Å². The number of likely N-dealkylation sites (tertiary alicyclic amines) is 1. The van der Waals surface area contributed by atoms with Crippen LogP contribution in [0.15, 0.2) is 35.3 Å². The van der Waals surface area contributed by atoms with E-state index in [9.17, 15) is 0 Å². The molecule has 26 heavy (non-hydrogen) atoms. The fraction of sp³-hybridized carbons (Fsp3) is 0.682. The monoisotopic (exact) mass is 354 g/mol. The van der Waals surface area contributed by atoms with Gasteiger partial charge >= 0.3 is 0 Å². The predicted molar refractivity (Wildman–Crippen MR) is 108 cm³/mol. The van der Waals surface area contributed by atoms with E-state index in [0.717, 1.165) is 49.9 Å². The maximum absolute atomic E-state index is 4.48. The van der Waals surface area contributed by atoms with Gasteiger partial charge in [-0.15, -0.1) is 0 Å².